The van der Waals surface area contributed by atoms with Crippen molar-refractivity contribution in [1.29, 1.82) is 0 Å². The quantitative estimate of drug-likeness (QED) is 0.305. The molecule has 0 saturated carbocycles. The van der Waals surface area contributed by atoms with E-state index in [0.29, 0.717) is 17.1 Å². The van der Waals surface area contributed by atoms with Crippen LogP contribution in [0.2, 0.25) is 0 Å². The molecule has 6 nitrogen and oxygen atoms in total. The maximum absolute atomic E-state index is 13.0. The molecule has 182 valence electrons. The molecule has 0 unspecified atom stereocenters. The highest BCUT2D eigenvalue weighted by atomic mass is 32.2. The smallest absolute Gasteiger partial charge is 0.185 e. The molecule has 0 saturated heterocycles. The van der Waals surface area contributed by atoms with Crippen molar-refractivity contribution in [3.05, 3.63) is 115 Å². The summed E-state index contributed by atoms with van der Waals surface area (Å²) in [5.74, 6) is 0.766. The molecule has 0 aliphatic carbocycles. The zero-order valence-corrected chi connectivity index (χ0v) is 20.4. The van der Waals surface area contributed by atoms with Gasteiger partial charge in [-0.2, -0.15) is 0 Å². The number of benzene rings is 4. The zero-order valence-electron chi connectivity index (χ0n) is 19.6. The number of aliphatic hydroxyl groups is 1. The third-order valence-electron chi connectivity index (χ3n) is 5.95. The van der Waals surface area contributed by atoms with Crippen LogP contribution in [0.4, 0.5) is 0 Å². The summed E-state index contributed by atoms with van der Waals surface area (Å²) in [6.07, 6.45) is -0.866. The SMILES string of the molecule is O=S(=O)(Cc1nc2ccccc2n1C[C@@H](O)COc1ccc(-c2ccccc2)cc1)c1ccccc1. The number of aliphatic hydroxyl groups excluding tert-OH is 1. The average Bonchev–Trinajstić information content (AvgIpc) is 3.24. The van der Waals surface area contributed by atoms with Crippen LogP contribution in [0.15, 0.2) is 114 Å². The molecule has 0 aliphatic rings. The summed E-state index contributed by atoms with van der Waals surface area (Å²) in [4.78, 5) is 4.81. The predicted molar refractivity (Wildman–Crippen MR) is 140 cm³/mol. The molecule has 5 aromatic rings. The minimum Gasteiger partial charge on any atom is -0.491 e. The summed E-state index contributed by atoms with van der Waals surface area (Å²) in [7, 11) is -3.60. The number of imidazole rings is 1. The standard InChI is InChI=1S/C29H26N2O4S/c32-24(20-35-25-17-15-23(16-18-25)22-9-3-1-4-10-22)19-31-28-14-8-7-13-27(28)30-29(31)21-36(33,34)26-11-5-2-6-12-26/h1-18,24,32H,19-21H2/t24-/m1/s1. The van der Waals surface area contributed by atoms with Gasteiger partial charge in [-0.1, -0.05) is 72.8 Å². The van der Waals surface area contributed by atoms with Crippen LogP contribution in [0.1, 0.15) is 5.82 Å². The summed E-state index contributed by atoms with van der Waals surface area (Å²) in [5.41, 5.74) is 3.65. The number of ether oxygens (including phenoxy) is 1. The monoisotopic (exact) mass is 498 g/mol. The Kier molecular flexibility index (Phi) is 6.84. The molecule has 1 aromatic heterocycles. The van der Waals surface area contributed by atoms with Crippen molar-refractivity contribution in [2.45, 2.75) is 23.3 Å². The lowest BCUT2D eigenvalue weighted by Crippen LogP contribution is -2.25. The summed E-state index contributed by atoms with van der Waals surface area (Å²) in [6.45, 7) is 0.213. The first-order valence-electron chi connectivity index (χ1n) is 11.7. The van der Waals surface area contributed by atoms with Crippen LogP contribution in [0.5, 0.6) is 5.75 Å². The second-order valence-corrected chi connectivity index (χ2v) is 10.5. The summed E-state index contributed by atoms with van der Waals surface area (Å²) >= 11 is 0. The van der Waals surface area contributed by atoms with Gasteiger partial charge in [-0.05, 0) is 47.5 Å². The molecule has 7 heteroatoms. The van der Waals surface area contributed by atoms with Gasteiger partial charge >= 0.3 is 0 Å². The van der Waals surface area contributed by atoms with E-state index in [0.717, 1.165) is 16.6 Å². The van der Waals surface area contributed by atoms with Crippen molar-refractivity contribution in [2.24, 2.45) is 0 Å². The maximum Gasteiger partial charge on any atom is 0.185 e. The van der Waals surface area contributed by atoms with Crippen molar-refractivity contribution in [3.8, 4) is 16.9 Å². The van der Waals surface area contributed by atoms with E-state index in [2.05, 4.69) is 4.98 Å². The lowest BCUT2D eigenvalue weighted by atomic mass is 10.1. The van der Waals surface area contributed by atoms with E-state index in [9.17, 15) is 13.5 Å². The van der Waals surface area contributed by atoms with Crippen LogP contribution in [-0.4, -0.2) is 35.8 Å². The van der Waals surface area contributed by atoms with E-state index < -0.39 is 15.9 Å². The van der Waals surface area contributed by atoms with Gasteiger partial charge in [-0.3, -0.25) is 0 Å². The van der Waals surface area contributed by atoms with Gasteiger partial charge in [0.15, 0.2) is 9.84 Å². The van der Waals surface area contributed by atoms with E-state index in [4.69, 9.17) is 4.74 Å². The highest BCUT2D eigenvalue weighted by Crippen LogP contribution is 2.24. The second-order valence-electron chi connectivity index (χ2n) is 8.55. The predicted octanol–water partition coefficient (Wildman–Crippen LogP) is 5.12. The zero-order chi connectivity index (χ0) is 25.0. The van der Waals surface area contributed by atoms with Gasteiger partial charge in [0, 0.05) is 0 Å². The van der Waals surface area contributed by atoms with E-state index in [-0.39, 0.29) is 23.8 Å². The number of nitrogens with zero attached hydrogens (tertiary/aromatic N) is 2. The molecule has 0 fully saturated rings. The average molecular weight is 499 g/mol. The first-order chi connectivity index (χ1) is 17.5. The molecule has 0 spiro atoms. The third kappa shape index (κ3) is 5.32. The molecule has 36 heavy (non-hydrogen) atoms. The lowest BCUT2D eigenvalue weighted by Gasteiger charge is -2.16. The highest BCUT2D eigenvalue weighted by molar-refractivity contribution is 7.90. The molecule has 4 aromatic carbocycles. The van der Waals surface area contributed by atoms with E-state index in [1.807, 2.05) is 78.9 Å². The van der Waals surface area contributed by atoms with Crippen molar-refractivity contribution < 1.29 is 18.3 Å². The number of sulfone groups is 1. The Hall–Kier alpha value is -3.94. The molecule has 1 atom stereocenters. The summed E-state index contributed by atoms with van der Waals surface area (Å²) in [6, 6.07) is 33.5. The first kappa shape index (κ1) is 23.8. The molecule has 5 rings (SSSR count). The molecule has 0 aliphatic heterocycles. The maximum atomic E-state index is 13.0. The number of rotatable bonds is 9. The lowest BCUT2D eigenvalue weighted by molar-refractivity contribution is 0.0929. The van der Waals surface area contributed by atoms with Crippen molar-refractivity contribution in [3.63, 3.8) is 0 Å². The van der Waals surface area contributed by atoms with Crippen LogP contribution in [0, 0.1) is 0 Å². The largest absolute Gasteiger partial charge is 0.491 e. The Morgan fingerprint density at radius 3 is 2.11 bits per heavy atom. The molecule has 1 N–H and O–H groups in total. The third-order valence-corrected chi connectivity index (χ3v) is 7.58. The molecule has 0 bridgehead atoms. The van der Waals surface area contributed by atoms with Gasteiger partial charge in [-0.15, -0.1) is 0 Å². The highest BCUT2D eigenvalue weighted by Gasteiger charge is 2.22. The Bertz CT molecular complexity index is 1550. The minimum absolute atomic E-state index is 0.0576. The fraction of sp³-hybridized carbons (Fsp3) is 0.138. The Labute approximate surface area is 210 Å². The van der Waals surface area contributed by atoms with Gasteiger partial charge in [0.25, 0.3) is 0 Å². The van der Waals surface area contributed by atoms with Gasteiger partial charge in [0.05, 0.1) is 22.5 Å². The topological polar surface area (TPSA) is 81.4 Å². The van der Waals surface area contributed by atoms with E-state index >= 15 is 0 Å². The Morgan fingerprint density at radius 2 is 1.39 bits per heavy atom. The van der Waals surface area contributed by atoms with Crippen molar-refractivity contribution >= 4 is 20.9 Å². The number of para-hydroxylation sites is 2. The van der Waals surface area contributed by atoms with Crippen LogP contribution in [0.25, 0.3) is 22.2 Å². The van der Waals surface area contributed by atoms with Gasteiger partial charge in [-0.25, -0.2) is 13.4 Å². The van der Waals surface area contributed by atoms with Gasteiger partial charge in [0.1, 0.15) is 30.0 Å². The molecular formula is C29H26N2O4S. The van der Waals surface area contributed by atoms with Crippen LogP contribution in [0.3, 0.4) is 0 Å². The molecule has 0 amide bonds. The van der Waals surface area contributed by atoms with Crippen LogP contribution in [-0.2, 0) is 22.1 Å². The van der Waals surface area contributed by atoms with Gasteiger partial charge in [0.2, 0.25) is 0 Å². The molecule has 1 heterocycles. The van der Waals surface area contributed by atoms with E-state index in [1.165, 1.54) is 0 Å². The minimum atomic E-state index is -3.60. The van der Waals surface area contributed by atoms with Crippen molar-refractivity contribution in [2.75, 3.05) is 6.61 Å². The summed E-state index contributed by atoms with van der Waals surface area (Å²) in [5, 5.41) is 10.8. The Morgan fingerprint density at radius 1 is 0.778 bits per heavy atom. The Balaban J connectivity index is 1.31. The normalized spacial score (nSPS) is 12.5. The van der Waals surface area contributed by atoms with E-state index in [1.54, 1.807) is 34.9 Å². The molecule has 0 radical (unpaired) electrons. The number of hydrogen-bond acceptors (Lipinski definition) is 5. The number of hydrogen-bond donors (Lipinski definition) is 1. The first-order valence-corrected chi connectivity index (χ1v) is 13.3. The van der Waals surface area contributed by atoms with Crippen LogP contribution >= 0.6 is 0 Å². The summed E-state index contributed by atoms with van der Waals surface area (Å²) < 4.78 is 33.6. The van der Waals surface area contributed by atoms with Gasteiger partial charge < -0.3 is 14.4 Å². The molecular weight excluding hydrogens is 472 g/mol. The van der Waals surface area contributed by atoms with Crippen LogP contribution < -0.4 is 4.74 Å². The number of aromatic nitrogens is 2. The number of fused-ring (bicyclic) bond motifs is 1. The second kappa shape index (κ2) is 10.4. The fourth-order valence-corrected chi connectivity index (χ4v) is 5.45. The van der Waals surface area contributed by atoms with Crippen molar-refractivity contribution in [1.82, 2.24) is 9.55 Å². The fourth-order valence-electron chi connectivity index (χ4n) is 4.15.